The summed E-state index contributed by atoms with van der Waals surface area (Å²) < 4.78 is 0. The molecule has 3 heteroatoms. The highest BCUT2D eigenvalue weighted by molar-refractivity contribution is 5.49. The quantitative estimate of drug-likeness (QED) is 0.770. The molecule has 90 valence electrons. The van der Waals surface area contributed by atoms with Crippen LogP contribution in [0, 0.1) is 0 Å². The van der Waals surface area contributed by atoms with E-state index in [1.165, 1.54) is 5.06 Å². The lowest BCUT2D eigenvalue weighted by Crippen LogP contribution is -2.48. The number of rotatable bonds is 3. The molecule has 0 aliphatic carbocycles. The Morgan fingerprint density at radius 3 is 2.12 bits per heavy atom. The maximum absolute atomic E-state index is 10.2. The maximum Gasteiger partial charge on any atom is 0.0666 e. The average molecular weight is 222 g/mol. The van der Waals surface area contributed by atoms with Crippen LogP contribution in [0.2, 0.25) is 0 Å². The van der Waals surface area contributed by atoms with Crippen molar-refractivity contribution in [1.29, 1.82) is 0 Å². The Kier molecular flexibility index (Phi) is 3.31. The van der Waals surface area contributed by atoms with E-state index in [-0.39, 0.29) is 0 Å². The lowest BCUT2D eigenvalue weighted by atomic mass is 9.90. The van der Waals surface area contributed by atoms with Crippen LogP contribution in [0.4, 0.5) is 0 Å². The summed E-state index contributed by atoms with van der Waals surface area (Å²) in [5.41, 5.74) is 1.34. The summed E-state index contributed by atoms with van der Waals surface area (Å²) in [6, 6.07) is 0. The molecule has 0 aromatic heterocycles. The third kappa shape index (κ3) is 1.70. The smallest absolute Gasteiger partial charge is 0.0666 e. The number of hydrogen-bond donors (Lipinski definition) is 2. The minimum absolute atomic E-state index is 0.402. The van der Waals surface area contributed by atoms with Crippen LogP contribution in [-0.2, 0) is 0 Å². The van der Waals surface area contributed by atoms with Gasteiger partial charge >= 0.3 is 0 Å². The molecule has 16 heavy (non-hydrogen) atoms. The first-order chi connectivity index (χ1) is 7.30. The molecule has 0 fully saturated rings. The molecule has 0 radical (unpaired) electrons. The van der Waals surface area contributed by atoms with Gasteiger partial charge in [-0.2, -0.15) is 5.06 Å². The second-order valence-corrected chi connectivity index (χ2v) is 5.08. The van der Waals surface area contributed by atoms with Crippen LogP contribution in [0.3, 0.4) is 0 Å². The van der Waals surface area contributed by atoms with Crippen molar-refractivity contribution in [3.05, 3.63) is 36.1 Å². The molecule has 1 heterocycles. The molecule has 0 atom stereocenters. The number of hydroxylamine groups is 2. The Morgan fingerprint density at radius 2 is 1.69 bits per heavy atom. The molecule has 2 N–H and O–H groups in total. The Balaban J connectivity index is 3.34. The predicted octanol–water partition coefficient (Wildman–Crippen LogP) is 2.46. The summed E-state index contributed by atoms with van der Waals surface area (Å²) in [6.07, 6.45) is 5.69. The minimum Gasteiger partial charge on any atom is -0.394 e. The highest BCUT2D eigenvalue weighted by Gasteiger charge is 2.48. The molecule has 0 unspecified atom stereocenters. The summed E-state index contributed by atoms with van der Waals surface area (Å²) in [6.45, 7) is 11.8. The SMILES string of the molecule is C=CC1=C(/C=C/NC)C(C)(C)N(O)C1(C)C. The lowest BCUT2D eigenvalue weighted by Gasteiger charge is -2.36. The van der Waals surface area contributed by atoms with E-state index in [0.717, 1.165) is 11.1 Å². The second kappa shape index (κ2) is 4.07. The van der Waals surface area contributed by atoms with Gasteiger partial charge in [-0.15, -0.1) is 0 Å². The van der Waals surface area contributed by atoms with Crippen molar-refractivity contribution in [2.24, 2.45) is 0 Å². The summed E-state index contributed by atoms with van der Waals surface area (Å²) >= 11 is 0. The summed E-state index contributed by atoms with van der Waals surface area (Å²) in [5.74, 6) is 0. The Hall–Kier alpha value is -1.06. The Bertz CT molecular complexity index is 351. The third-order valence-electron chi connectivity index (χ3n) is 3.29. The van der Waals surface area contributed by atoms with Crippen molar-refractivity contribution < 1.29 is 5.21 Å². The van der Waals surface area contributed by atoms with Gasteiger partial charge in [0.05, 0.1) is 11.1 Å². The summed E-state index contributed by atoms with van der Waals surface area (Å²) in [7, 11) is 1.86. The van der Waals surface area contributed by atoms with Gasteiger partial charge in [0.15, 0.2) is 0 Å². The molecule has 0 bridgehead atoms. The van der Waals surface area contributed by atoms with E-state index in [1.807, 2.05) is 53.1 Å². The summed E-state index contributed by atoms with van der Waals surface area (Å²) in [4.78, 5) is 0. The van der Waals surface area contributed by atoms with Gasteiger partial charge in [0.25, 0.3) is 0 Å². The van der Waals surface area contributed by atoms with Gasteiger partial charge in [0.2, 0.25) is 0 Å². The van der Waals surface area contributed by atoms with Crippen LogP contribution < -0.4 is 5.32 Å². The molecule has 0 saturated carbocycles. The Morgan fingerprint density at radius 1 is 1.19 bits per heavy atom. The molecule has 0 saturated heterocycles. The highest BCUT2D eigenvalue weighted by atomic mass is 16.5. The number of nitrogens with one attached hydrogen (secondary N) is 1. The number of nitrogens with zero attached hydrogens (tertiary/aromatic N) is 1. The van der Waals surface area contributed by atoms with Crippen LogP contribution in [0.1, 0.15) is 27.7 Å². The molecule has 3 nitrogen and oxygen atoms in total. The van der Waals surface area contributed by atoms with Gasteiger partial charge in [-0.1, -0.05) is 12.7 Å². The van der Waals surface area contributed by atoms with Crippen molar-refractivity contribution >= 4 is 0 Å². The van der Waals surface area contributed by atoms with E-state index in [4.69, 9.17) is 0 Å². The van der Waals surface area contributed by atoms with E-state index in [9.17, 15) is 5.21 Å². The monoisotopic (exact) mass is 222 g/mol. The zero-order chi connectivity index (χ0) is 12.6. The van der Waals surface area contributed by atoms with Crippen LogP contribution in [0.5, 0.6) is 0 Å². The molecule has 0 spiro atoms. The first-order valence-corrected chi connectivity index (χ1v) is 5.50. The number of hydrogen-bond acceptors (Lipinski definition) is 3. The van der Waals surface area contributed by atoms with Crippen molar-refractivity contribution in [3.8, 4) is 0 Å². The van der Waals surface area contributed by atoms with Crippen LogP contribution in [0.15, 0.2) is 36.1 Å². The van der Waals surface area contributed by atoms with Crippen molar-refractivity contribution in [3.63, 3.8) is 0 Å². The normalized spacial score (nSPS) is 24.1. The topological polar surface area (TPSA) is 35.5 Å². The first-order valence-electron chi connectivity index (χ1n) is 5.50. The van der Waals surface area contributed by atoms with Gasteiger partial charge in [-0.3, -0.25) is 0 Å². The molecule has 1 rings (SSSR count). The zero-order valence-electron chi connectivity index (χ0n) is 10.8. The second-order valence-electron chi connectivity index (χ2n) is 5.08. The standard InChI is InChI=1S/C13H22N2O/c1-7-10-11(8-9-14-6)13(4,5)15(16)12(10,2)3/h7-9,14,16H,1H2,2-6H3/b9-8+. The summed E-state index contributed by atoms with van der Waals surface area (Å²) in [5, 5.41) is 14.6. The van der Waals surface area contributed by atoms with E-state index < -0.39 is 11.1 Å². The van der Waals surface area contributed by atoms with Gasteiger partial charge in [0.1, 0.15) is 0 Å². The molecular weight excluding hydrogens is 200 g/mol. The van der Waals surface area contributed by atoms with Gasteiger partial charge in [0, 0.05) is 7.05 Å². The average Bonchev–Trinajstić information content (AvgIpc) is 2.33. The fourth-order valence-corrected chi connectivity index (χ4v) is 2.41. The van der Waals surface area contributed by atoms with Crippen molar-refractivity contribution in [2.45, 2.75) is 38.8 Å². The fourth-order valence-electron chi connectivity index (χ4n) is 2.41. The lowest BCUT2D eigenvalue weighted by molar-refractivity contribution is -0.186. The molecule has 0 amide bonds. The minimum atomic E-state index is -0.404. The van der Waals surface area contributed by atoms with Crippen molar-refractivity contribution in [2.75, 3.05) is 7.05 Å². The Labute approximate surface area is 98.1 Å². The van der Waals surface area contributed by atoms with Crippen LogP contribution in [-0.4, -0.2) is 28.4 Å². The van der Waals surface area contributed by atoms with Gasteiger partial charge in [-0.25, -0.2) is 0 Å². The molecule has 1 aliphatic heterocycles. The van der Waals surface area contributed by atoms with Crippen LogP contribution in [0.25, 0.3) is 0 Å². The van der Waals surface area contributed by atoms with E-state index >= 15 is 0 Å². The zero-order valence-corrected chi connectivity index (χ0v) is 10.8. The van der Waals surface area contributed by atoms with E-state index in [2.05, 4.69) is 11.9 Å². The largest absolute Gasteiger partial charge is 0.394 e. The van der Waals surface area contributed by atoms with Gasteiger partial charge < -0.3 is 10.5 Å². The third-order valence-corrected chi connectivity index (χ3v) is 3.29. The molecule has 0 aromatic rings. The van der Waals surface area contributed by atoms with Gasteiger partial charge in [-0.05, 0) is 51.1 Å². The molecular formula is C13H22N2O. The van der Waals surface area contributed by atoms with E-state index in [1.54, 1.807) is 0 Å². The predicted molar refractivity (Wildman–Crippen MR) is 67.2 cm³/mol. The first kappa shape index (κ1) is 13.0. The molecule has 1 aliphatic rings. The van der Waals surface area contributed by atoms with Crippen molar-refractivity contribution in [1.82, 2.24) is 10.4 Å². The highest BCUT2D eigenvalue weighted by Crippen LogP contribution is 2.44. The van der Waals surface area contributed by atoms with E-state index in [0.29, 0.717) is 0 Å². The maximum atomic E-state index is 10.2. The molecule has 0 aromatic carbocycles. The van der Waals surface area contributed by atoms with Crippen LogP contribution >= 0.6 is 0 Å². The fraction of sp³-hybridized carbons (Fsp3) is 0.538.